The minimum atomic E-state index is -0.684. The Labute approximate surface area is 170 Å². The molecule has 0 unspecified atom stereocenters. The number of carbonyl (C=O) groups excluding carboxylic acids is 4. The van der Waals surface area contributed by atoms with Gasteiger partial charge in [-0.15, -0.1) is 11.3 Å². The molecule has 1 N–H and O–H groups in total. The molecule has 0 saturated heterocycles. The molecule has 0 fully saturated rings. The van der Waals surface area contributed by atoms with E-state index >= 15 is 0 Å². The molecule has 0 aliphatic rings. The summed E-state index contributed by atoms with van der Waals surface area (Å²) < 4.78 is 9.42. The van der Waals surface area contributed by atoms with Crippen LogP contribution in [-0.2, 0) is 14.3 Å². The van der Waals surface area contributed by atoms with Gasteiger partial charge in [0.15, 0.2) is 5.78 Å². The van der Waals surface area contributed by atoms with E-state index in [1.54, 1.807) is 31.2 Å². The maximum absolute atomic E-state index is 12.3. The number of halogens is 1. The second kappa shape index (κ2) is 9.48. The molecule has 0 bridgehead atoms. The SMILES string of the molecule is COC(=O)c1sc(NC(=O)CCC(=O)c2ccc(Cl)cc2)c(C(=O)OC)c1C. The van der Waals surface area contributed by atoms with Crippen molar-refractivity contribution in [2.24, 2.45) is 0 Å². The molecule has 1 amide bonds. The highest BCUT2D eigenvalue weighted by Crippen LogP contribution is 2.34. The molecule has 7 nitrogen and oxygen atoms in total. The maximum atomic E-state index is 12.3. The third-order valence-electron chi connectivity index (χ3n) is 3.91. The number of hydrogen-bond acceptors (Lipinski definition) is 7. The minimum Gasteiger partial charge on any atom is -0.465 e. The van der Waals surface area contributed by atoms with Crippen molar-refractivity contribution in [2.75, 3.05) is 19.5 Å². The van der Waals surface area contributed by atoms with Crippen molar-refractivity contribution in [3.8, 4) is 0 Å². The van der Waals surface area contributed by atoms with Crippen LogP contribution < -0.4 is 5.32 Å². The van der Waals surface area contributed by atoms with Crippen LogP contribution in [0, 0.1) is 6.92 Å². The first-order valence-electron chi connectivity index (χ1n) is 8.17. The molecule has 28 heavy (non-hydrogen) atoms. The number of Topliss-reactive ketones (excluding diaryl/α,β-unsaturated/α-hetero) is 1. The highest BCUT2D eigenvalue weighted by molar-refractivity contribution is 7.18. The smallest absolute Gasteiger partial charge is 0.348 e. The van der Waals surface area contributed by atoms with Gasteiger partial charge in [0.25, 0.3) is 0 Å². The van der Waals surface area contributed by atoms with Crippen molar-refractivity contribution in [1.82, 2.24) is 0 Å². The lowest BCUT2D eigenvalue weighted by atomic mass is 10.1. The van der Waals surface area contributed by atoms with Crippen LogP contribution in [0.5, 0.6) is 0 Å². The average Bonchev–Trinajstić information content (AvgIpc) is 3.01. The van der Waals surface area contributed by atoms with Crippen LogP contribution in [-0.4, -0.2) is 37.8 Å². The Balaban J connectivity index is 2.12. The van der Waals surface area contributed by atoms with Gasteiger partial charge >= 0.3 is 11.9 Å². The zero-order valence-electron chi connectivity index (χ0n) is 15.5. The Morgan fingerprint density at radius 2 is 1.61 bits per heavy atom. The molecule has 0 saturated carbocycles. The van der Waals surface area contributed by atoms with Crippen LogP contribution in [0.4, 0.5) is 5.00 Å². The molecule has 0 aliphatic heterocycles. The maximum Gasteiger partial charge on any atom is 0.348 e. The normalized spacial score (nSPS) is 10.3. The lowest BCUT2D eigenvalue weighted by Gasteiger charge is -2.06. The van der Waals surface area contributed by atoms with Crippen LogP contribution in [0.3, 0.4) is 0 Å². The van der Waals surface area contributed by atoms with E-state index in [4.69, 9.17) is 21.1 Å². The van der Waals surface area contributed by atoms with Gasteiger partial charge < -0.3 is 14.8 Å². The van der Waals surface area contributed by atoms with E-state index in [2.05, 4.69) is 5.32 Å². The molecule has 1 aromatic heterocycles. The van der Waals surface area contributed by atoms with Crippen molar-refractivity contribution in [3.63, 3.8) is 0 Å². The van der Waals surface area contributed by atoms with E-state index in [0.717, 1.165) is 11.3 Å². The fraction of sp³-hybridized carbons (Fsp3) is 0.263. The lowest BCUT2D eigenvalue weighted by Crippen LogP contribution is -2.15. The monoisotopic (exact) mass is 423 g/mol. The fourth-order valence-electron chi connectivity index (χ4n) is 2.43. The van der Waals surface area contributed by atoms with Gasteiger partial charge in [0.1, 0.15) is 9.88 Å². The van der Waals surface area contributed by atoms with Gasteiger partial charge in [0.2, 0.25) is 5.91 Å². The number of thiophene rings is 1. The van der Waals surface area contributed by atoms with Gasteiger partial charge in [-0.05, 0) is 36.8 Å². The topological polar surface area (TPSA) is 98.8 Å². The summed E-state index contributed by atoms with van der Waals surface area (Å²) >= 11 is 6.71. The highest BCUT2D eigenvalue weighted by atomic mass is 35.5. The molecule has 1 aromatic carbocycles. The molecule has 9 heteroatoms. The predicted molar refractivity (Wildman–Crippen MR) is 105 cm³/mol. The number of anilines is 1. The summed E-state index contributed by atoms with van der Waals surface area (Å²) in [6.45, 7) is 1.56. The van der Waals surface area contributed by atoms with Gasteiger partial charge in [-0.2, -0.15) is 0 Å². The molecular weight excluding hydrogens is 406 g/mol. The molecule has 0 atom stereocenters. The second-order valence-corrected chi connectivity index (χ2v) is 7.18. The number of nitrogens with one attached hydrogen (secondary N) is 1. The van der Waals surface area contributed by atoms with Gasteiger partial charge in [-0.25, -0.2) is 9.59 Å². The van der Waals surface area contributed by atoms with Gasteiger partial charge in [-0.3, -0.25) is 9.59 Å². The summed E-state index contributed by atoms with van der Waals surface area (Å²) in [6, 6.07) is 6.37. The molecule has 2 rings (SSSR count). The minimum absolute atomic E-state index is 0.0186. The second-order valence-electron chi connectivity index (χ2n) is 5.72. The number of carbonyl (C=O) groups is 4. The van der Waals surface area contributed by atoms with Crippen LogP contribution in [0.15, 0.2) is 24.3 Å². The van der Waals surface area contributed by atoms with Gasteiger partial charge in [-0.1, -0.05) is 11.6 Å². The van der Waals surface area contributed by atoms with E-state index in [1.807, 2.05) is 0 Å². The molecule has 2 aromatic rings. The molecule has 148 valence electrons. The third-order valence-corrected chi connectivity index (χ3v) is 5.34. The summed E-state index contributed by atoms with van der Waals surface area (Å²) in [5.74, 6) is -1.98. The van der Waals surface area contributed by atoms with E-state index in [1.165, 1.54) is 14.2 Å². The predicted octanol–water partition coefficient (Wildman–Crippen LogP) is 3.88. The number of benzene rings is 1. The van der Waals surface area contributed by atoms with Crippen molar-refractivity contribution < 1.29 is 28.7 Å². The first kappa shape index (κ1) is 21.6. The van der Waals surface area contributed by atoms with Gasteiger partial charge in [0.05, 0.1) is 19.8 Å². The van der Waals surface area contributed by atoms with E-state index in [0.29, 0.717) is 16.1 Å². The standard InChI is InChI=1S/C19H18ClNO6S/c1-10-15(18(24)26-2)17(28-16(10)19(25)27-3)21-14(23)9-8-13(22)11-4-6-12(20)7-5-11/h4-7H,8-9H2,1-3H3,(H,21,23). The number of ether oxygens (including phenoxy) is 2. The Kier molecular flexibility index (Phi) is 7.31. The number of amides is 1. The Hall–Kier alpha value is -2.71. The van der Waals surface area contributed by atoms with Crippen molar-refractivity contribution >= 4 is 51.6 Å². The largest absolute Gasteiger partial charge is 0.465 e. The van der Waals surface area contributed by atoms with Crippen LogP contribution in [0.2, 0.25) is 5.02 Å². The summed E-state index contributed by atoms with van der Waals surface area (Å²) in [5, 5.41) is 3.27. The zero-order valence-corrected chi connectivity index (χ0v) is 17.0. The van der Waals surface area contributed by atoms with E-state index < -0.39 is 17.8 Å². The molecule has 0 aliphatic carbocycles. The molecular formula is C19H18ClNO6S. The quantitative estimate of drug-likeness (QED) is 0.536. The first-order chi connectivity index (χ1) is 13.3. The fourth-order valence-corrected chi connectivity index (χ4v) is 3.69. The van der Waals surface area contributed by atoms with E-state index in [9.17, 15) is 19.2 Å². The average molecular weight is 424 g/mol. The number of rotatable bonds is 7. The van der Waals surface area contributed by atoms with Crippen molar-refractivity contribution in [2.45, 2.75) is 19.8 Å². The number of hydrogen-bond donors (Lipinski definition) is 1. The number of methoxy groups -OCH3 is 2. The van der Waals surface area contributed by atoms with Crippen LogP contribution >= 0.6 is 22.9 Å². The third kappa shape index (κ3) is 4.96. The number of ketones is 1. The Bertz CT molecular complexity index is 919. The van der Waals surface area contributed by atoms with Gasteiger partial charge in [0, 0.05) is 23.4 Å². The summed E-state index contributed by atoms with van der Waals surface area (Å²) in [5.41, 5.74) is 0.897. The molecule has 1 heterocycles. The van der Waals surface area contributed by atoms with Crippen LogP contribution in [0.25, 0.3) is 0 Å². The lowest BCUT2D eigenvalue weighted by molar-refractivity contribution is -0.116. The summed E-state index contributed by atoms with van der Waals surface area (Å²) in [6.07, 6.45) is -0.109. The number of esters is 2. The van der Waals surface area contributed by atoms with E-state index in [-0.39, 0.29) is 34.1 Å². The molecule has 0 spiro atoms. The van der Waals surface area contributed by atoms with Crippen molar-refractivity contribution in [3.05, 3.63) is 50.9 Å². The Morgan fingerprint density at radius 1 is 1.00 bits per heavy atom. The molecule has 0 radical (unpaired) electrons. The highest BCUT2D eigenvalue weighted by Gasteiger charge is 2.26. The zero-order chi connectivity index (χ0) is 20.8. The Morgan fingerprint density at radius 3 is 2.18 bits per heavy atom. The van der Waals surface area contributed by atoms with Crippen LogP contribution in [0.1, 0.15) is 48.8 Å². The summed E-state index contributed by atoms with van der Waals surface area (Å²) in [7, 11) is 2.42. The summed E-state index contributed by atoms with van der Waals surface area (Å²) in [4.78, 5) is 48.6. The van der Waals surface area contributed by atoms with Crippen molar-refractivity contribution in [1.29, 1.82) is 0 Å². The first-order valence-corrected chi connectivity index (χ1v) is 9.36.